The number of ether oxygens (including phenoxy) is 3. The van der Waals surface area contributed by atoms with Gasteiger partial charge in [0.05, 0.1) is 28.6 Å². The molecule has 4 aliphatic heterocycles. The molecule has 2 aromatic heterocycles. The van der Waals surface area contributed by atoms with Gasteiger partial charge in [-0.15, -0.1) is 6.42 Å². The van der Waals surface area contributed by atoms with Crippen molar-refractivity contribution < 1.29 is 42.1 Å². The van der Waals surface area contributed by atoms with Crippen LogP contribution in [0.15, 0.2) is 30.5 Å². The number of hydrogen-bond acceptors (Lipinski definition) is 11. The number of anilines is 1. The van der Waals surface area contributed by atoms with Crippen LogP contribution in [0.3, 0.4) is 0 Å². The van der Waals surface area contributed by atoms with E-state index >= 15 is 8.78 Å². The highest BCUT2D eigenvalue weighted by Crippen LogP contribution is 2.43. The second-order valence-electron chi connectivity index (χ2n) is 18.8. The largest absolute Gasteiger partial charge is 0.508 e. The molecule has 4 aromatic rings. The first-order valence-electron chi connectivity index (χ1n) is 24.2. The van der Waals surface area contributed by atoms with E-state index in [-0.39, 0.29) is 70.0 Å². The molecule has 15 heteroatoms. The third-order valence-corrected chi connectivity index (χ3v) is 14.2. The maximum Gasteiger partial charge on any atom is 0.413 e. The van der Waals surface area contributed by atoms with E-state index in [0.29, 0.717) is 50.1 Å². The minimum Gasteiger partial charge on any atom is -0.508 e. The molecule has 354 valence electrons. The van der Waals surface area contributed by atoms with Gasteiger partial charge in [0, 0.05) is 49.6 Å². The molecule has 1 amide bonds. The molecule has 1 N–H and O–H groups in total. The number of terminal acetylenes is 1. The summed E-state index contributed by atoms with van der Waals surface area (Å²) in [6.07, 6.45) is 25.0. The average Bonchev–Trinajstić information content (AvgIpc) is 3.93. The molecule has 0 unspecified atom stereocenters. The molecule has 8 rings (SSSR count). The lowest BCUT2D eigenvalue weighted by atomic mass is 9.95. The number of phenolic OH excluding ortho intramolecular Hbond substituents is 1. The van der Waals surface area contributed by atoms with Crippen molar-refractivity contribution in [2.45, 2.75) is 153 Å². The van der Waals surface area contributed by atoms with Gasteiger partial charge in [-0.3, -0.25) is 19.6 Å². The number of halogens is 3. The number of piperazine rings is 1. The summed E-state index contributed by atoms with van der Waals surface area (Å²) in [5.74, 6) is 0.574. The predicted molar refractivity (Wildman–Crippen MR) is 247 cm³/mol. The van der Waals surface area contributed by atoms with Gasteiger partial charge in [-0.25, -0.2) is 18.0 Å². The number of unbranched alkanes of at least 4 members (excludes halogenated alkanes) is 12. The summed E-state index contributed by atoms with van der Waals surface area (Å²) in [7, 11) is 0. The Kier molecular flexibility index (Phi) is 15.4. The van der Waals surface area contributed by atoms with Crippen LogP contribution in [-0.2, 0) is 14.3 Å². The molecule has 66 heavy (non-hydrogen) atoms. The van der Waals surface area contributed by atoms with Gasteiger partial charge < -0.3 is 24.2 Å². The molecule has 2 aromatic carbocycles. The van der Waals surface area contributed by atoms with Gasteiger partial charge in [0.2, 0.25) is 6.79 Å². The number of fused-ring (bicyclic) bond motifs is 5. The number of esters is 1. The van der Waals surface area contributed by atoms with E-state index < -0.39 is 42.2 Å². The second kappa shape index (κ2) is 21.5. The van der Waals surface area contributed by atoms with Crippen LogP contribution in [0.4, 0.5) is 23.8 Å². The van der Waals surface area contributed by atoms with Gasteiger partial charge in [-0.05, 0) is 62.2 Å². The van der Waals surface area contributed by atoms with Crippen LogP contribution in [-0.4, -0.2) is 105 Å². The number of rotatable bonds is 21. The number of carbonyl (C=O) groups is 2. The summed E-state index contributed by atoms with van der Waals surface area (Å²) in [4.78, 5) is 45.6. The van der Waals surface area contributed by atoms with E-state index in [1.54, 1.807) is 4.90 Å². The minimum atomic E-state index is -0.984. The van der Waals surface area contributed by atoms with Crippen LogP contribution < -0.4 is 9.64 Å². The fourth-order valence-corrected chi connectivity index (χ4v) is 10.9. The van der Waals surface area contributed by atoms with Crippen LogP contribution >= 0.6 is 0 Å². The summed E-state index contributed by atoms with van der Waals surface area (Å²) in [5.41, 5.74) is -0.887. The Bertz CT molecular complexity index is 2400. The van der Waals surface area contributed by atoms with Gasteiger partial charge in [0.25, 0.3) is 0 Å². The minimum absolute atomic E-state index is 0.0790. The highest BCUT2D eigenvalue weighted by molar-refractivity contribution is 6.03. The van der Waals surface area contributed by atoms with Crippen LogP contribution in [0.1, 0.15) is 134 Å². The molecule has 2 bridgehead atoms. The number of amides is 1. The molecule has 12 nitrogen and oxygen atoms in total. The Labute approximate surface area is 385 Å². The van der Waals surface area contributed by atoms with Crippen molar-refractivity contribution in [1.29, 1.82) is 0 Å². The Morgan fingerprint density at radius 2 is 1.62 bits per heavy atom. The van der Waals surface area contributed by atoms with Crippen molar-refractivity contribution in [3.05, 3.63) is 47.7 Å². The molecule has 0 saturated carbocycles. The molecule has 0 spiro atoms. The zero-order chi connectivity index (χ0) is 46.2. The maximum absolute atomic E-state index is 17.2. The average molecular weight is 913 g/mol. The molecular formula is C51H63F3N6O6. The second-order valence-corrected chi connectivity index (χ2v) is 18.8. The third-order valence-electron chi connectivity index (χ3n) is 14.2. The number of pyridine rings is 1. The lowest BCUT2D eigenvalue weighted by Crippen LogP contribution is -2.56. The molecular weight excluding hydrogens is 850 g/mol. The summed E-state index contributed by atoms with van der Waals surface area (Å²) in [6, 6.07) is 4.67. The zero-order valence-electron chi connectivity index (χ0n) is 38.2. The van der Waals surface area contributed by atoms with E-state index in [1.807, 2.05) is 4.90 Å². The monoisotopic (exact) mass is 912 g/mol. The number of aromatic hydroxyl groups is 1. The van der Waals surface area contributed by atoms with Crippen molar-refractivity contribution in [1.82, 2.24) is 24.8 Å². The van der Waals surface area contributed by atoms with Crippen LogP contribution in [0, 0.1) is 24.0 Å². The van der Waals surface area contributed by atoms with E-state index in [0.717, 1.165) is 38.6 Å². The van der Waals surface area contributed by atoms with Gasteiger partial charge in [-0.2, -0.15) is 9.97 Å². The number of phenols is 1. The number of hydrogen-bond donors (Lipinski definition) is 1. The van der Waals surface area contributed by atoms with Crippen LogP contribution in [0.25, 0.3) is 32.9 Å². The van der Waals surface area contributed by atoms with Gasteiger partial charge in [0.15, 0.2) is 5.82 Å². The van der Waals surface area contributed by atoms with E-state index in [2.05, 4.69) is 27.7 Å². The fourth-order valence-electron chi connectivity index (χ4n) is 10.9. The first kappa shape index (κ1) is 47.1. The Morgan fingerprint density at radius 1 is 0.924 bits per heavy atom. The molecule has 6 heterocycles. The number of nitrogens with zero attached hydrogens (tertiary/aromatic N) is 6. The molecule has 4 aliphatic rings. The SMILES string of the molecule is C#Cc1c(F)ccc2cc(O)cc(-c3ncc4c(N5C[C@H]6CC[C@@H](C5)N6C(=O)OCOC(=O)CCCCCCCCCCCCCCC)nc(OC[C@@]56CCCN5C[C@H](F)C6)nc4c3F)c12. The quantitative estimate of drug-likeness (QED) is 0.0371. The molecule has 0 radical (unpaired) electrons. The third kappa shape index (κ3) is 10.4. The van der Waals surface area contributed by atoms with E-state index in [1.165, 1.54) is 94.7 Å². The number of carbonyl (C=O) groups excluding carboxylic acids is 2. The topological polar surface area (TPSA) is 130 Å². The first-order chi connectivity index (χ1) is 32.1. The van der Waals surface area contributed by atoms with Crippen molar-refractivity contribution >= 4 is 39.6 Å². The first-order valence-corrected chi connectivity index (χ1v) is 24.2. The molecule has 4 saturated heterocycles. The molecule has 4 fully saturated rings. The Hall–Kier alpha value is -5.36. The maximum atomic E-state index is 17.2. The number of aromatic nitrogens is 3. The number of alkyl halides is 1. The Morgan fingerprint density at radius 3 is 2.32 bits per heavy atom. The lowest BCUT2D eigenvalue weighted by Gasteiger charge is -2.41. The number of benzene rings is 2. The Balaban J connectivity index is 0.925. The van der Waals surface area contributed by atoms with Gasteiger partial charge >= 0.3 is 18.1 Å². The fraction of sp³-hybridized carbons (Fsp3) is 0.588. The van der Waals surface area contributed by atoms with Crippen LogP contribution in [0.5, 0.6) is 11.8 Å². The van der Waals surface area contributed by atoms with Crippen LogP contribution in [0.2, 0.25) is 0 Å². The highest BCUT2D eigenvalue weighted by atomic mass is 19.1. The van der Waals surface area contributed by atoms with Crippen molar-refractivity contribution in [3.8, 4) is 35.4 Å². The molecule has 4 atom stereocenters. The van der Waals surface area contributed by atoms with E-state index in [4.69, 9.17) is 25.6 Å². The van der Waals surface area contributed by atoms with Crippen molar-refractivity contribution in [3.63, 3.8) is 0 Å². The zero-order valence-corrected chi connectivity index (χ0v) is 38.2. The lowest BCUT2D eigenvalue weighted by molar-refractivity contribution is -0.152. The van der Waals surface area contributed by atoms with Gasteiger partial charge in [-0.1, -0.05) is 96.0 Å². The molecule has 0 aliphatic carbocycles. The van der Waals surface area contributed by atoms with Crippen molar-refractivity contribution in [2.24, 2.45) is 0 Å². The summed E-state index contributed by atoms with van der Waals surface area (Å²) in [6.45, 7) is 3.61. The smallest absolute Gasteiger partial charge is 0.413 e. The van der Waals surface area contributed by atoms with E-state index in [9.17, 15) is 19.1 Å². The summed E-state index contributed by atoms with van der Waals surface area (Å²) in [5, 5.41) is 11.6. The normalized spacial score (nSPS) is 21.4. The summed E-state index contributed by atoms with van der Waals surface area (Å²) >= 11 is 0. The highest BCUT2D eigenvalue weighted by Gasteiger charge is 2.50. The van der Waals surface area contributed by atoms with Gasteiger partial charge in [0.1, 0.15) is 41.4 Å². The standard InChI is InChI=1S/C51H63F3N6O6/c1-3-5-6-7-8-9-10-11-12-13-14-15-16-18-43(62)65-33-66-50(63)60-36-20-21-37(60)31-58(30-36)48-41-28-55-46(40-26-38(61)25-34-19-22-42(53)39(4-2)44(34)40)45(54)47(41)56-49(57-48)64-32-51-23-17-24-59(51)29-35(52)27-51/h2,19,22,25-26,28,35-37,61H,3,5-18,20-21,23-24,27,29-33H2,1H3/t35-,36-,37+,51+/m1/s1. The summed E-state index contributed by atoms with van der Waals surface area (Å²) < 4.78 is 64.0. The predicted octanol–water partition coefficient (Wildman–Crippen LogP) is 10.5. The van der Waals surface area contributed by atoms with Crippen molar-refractivity contribution in [2.75, 3.05) is 44.5 Å².